The van der Waals surface area contributed by atoms with Crippen molar-refractivity contribution in [3.8, 4) is 17.4 Å². The third-order valence-electron chi connectivity index (χ3n) is 4.82. The molecule has 0 unspecified atom stereocenters. The number of benzene rings is 1. The first-order valence-corrected chi connectivity index (χ1v) is 9.09. The molecule has 0 radical (unpaired) electrons. The van der Waals surface area contributed by atoms with Crippen LogP contribution in [0, 0.1) is 0 Å². The summed E-state index contributed by atoms with van der Waals surface area (Å²) in [7, 11) is 1.66. The number of H-pyrrole nitrogens is 1. The van der Waals surface area contributed by atoms with Crippen molar-refractivity contribution in [1.29, 1.82) is 0 Å². The second-order valence-corrected chi connectivity index (χ2v) is 6.61. The smallest absolute Gasteiger partial charge is 0.271 e. The number of para-hydroxylation sites is 1. The molecule has 1 aliphatic rings. The molecule has 1 aliphatic heterocycles. The van der Waals surface area contributed by atoms with Crippen molar-refractivity contribution in [2.75, 3.05) is 13.7 Å². The van der Waals surface area contributed by atoms with Gasteiger partial charge < -0.3 is 19.6 Å². The number of aromatic nitrogens is 5. The number of aromatic amines is 1. The van der Waals surface area contributed by atoms with Gasteiger partial charge in [-0.15, -0.1) is 10.2 Å². The molecule has 3 heterocycles. The third-order valence-corrected chi connectivity index (χ3v) is 4.82. The number of methoxy groups -OCH3 is 1. The number of hydrogen-bond acceptors (Lipinski definition) is 5. The van der Waals surface area contributed by atoms with E-state index in [9.17, 15) is 4.79 Å². The Hall–Kier alpha value is -3.16. The van der Waals surface area contributed by atoms with Crippen LogP contribution in [-0.2, 0) is 13.0 Å². The molecule has 0 spiro atoms. The molecule has 0 bridgehead atoms. The molecule has 2 aromatic heterocycles. The number of rotatable bonds is 5. The molecule has 0 saturated carbocycles. The van der Waals surface area contributed by atoms with Gasteiger partial charge in [0, 0.05) is 24.7 Å². The average molecular weight is 366 g/mol. The normalized spacial score (nSPS) is 16.5. The summed E-state index contributed by atoms with van der Waals surface area (Å²) in [5.74, 6) is 1.95. The first kappa shape index (κ1) is 17.3. The van der Waals surface area contributed by atoms with Crippen LogP contribution in [0.5, 0.6) is 5.75 Å². The van der Waals surface area contributed by atoms with Crippen LogP contribution in [0.3, 0.4) is 0 Å². The van der Waals surface area contributed by atoms with Gasteiger partial charge in [-0.25, -0.2) is 4.98 Å². The minimum Gasteiger partial charge on any atom is -0.496 e. The van der Waals surface area contributed by atoms with Crippen LogP contribution in [0.4, 0.5) is 0 Å². The molecule has 1 amide bonds. The van der Waals surface area contributed by atoms with Gasteiger partial charge in [0.2, 0.25) is 0 Å². The Morgan fingerprint density at radius 2 is 2.19 bits per heavy atom. The zero-order valence-corrected chi connectivity index (χ0v) is 15.4. The number of amides is 1. The number of imidazole rings is 1. The number of carbonyl (C=O) groups excluding carboxylic acids is 1. The largest absolute Gasteiger partial charge is 0.496 e. The van der Waals surface area contributed by atoms with Gasteiger partial charge in [0.15, 0.2) is 11.6 Å². The number of hydrogen-bond donors (Lipinski definition) is 2. The molecule has 8 nitrogen and oxygen atoms in total. The van der Waals surface area contributed by atoms with E-state index in [1.54, 1.807) is 13.4 Å². The molecule has 27 heavy (non-hydrogen) atoms. The average Bonchev–Trinajstić information content (AvgIpc) is 3.28. The van der Waals surface area contributed by atoms with Gasteiger partial charge in [0.05, 0.1) is 7.11 Å². The summed E-state index contributed by atoms with van der Waals surface area (Å²) in [6.45, 7) is 3.42. The molecule has 0 aliphatic carbocycles. The van der Waals surface area contributed by atoms with Crippen LogP contribution in [0.1, 0.15) is 41.0 Å². The third kappa shape index (κ3) is 3.18. The lowest BCUT2D eigenvalue weighted by atomic mass is 9.93. The molecule has 1 atom stereocenters. The van der Waals surface area contributed by atoms with E-state index in [-0.39, 0.29) is 11.8 Å². The molecule has 3 aromatic rings. The van der Waals surface area contributed by atoms with Crippen LogP contribution in [0.2, 0.25) is 0 Å². The summed E-state index contributed by atoms with van der Waals surface area (Å²) >= 11 is 0. The van der Waals surface area contributed by atoms with Crippen LogP contribution < -0.4 is 10.1 Å². The zero-order chi connectivity index (χ0) is 18.8. The van der Waals surface area contributed by atoms with Crippen molar-refractivity contribution >= 4 is 5.91 Å². The Morgan fingerprint density at radius 1 is 1.33 bits per heavy atom. The standard InChI is InChI=1S/C19H22N6O2/c1-3-8-25-11-21-24-18(25)17-22-14-9-12(10-20-19(26)16(14)23-17)13-6-4-5-7-15(13)27-2/h4-7,11-12H,3,8-10H2,1-2H3,(H,20,26)(H,22,23)/t12-/m0/s1. The summed E-state index contributed by atoms with van der Waals surface area (Å²) in [4.78, 5) is 20.4. The van der Waals surface area contributed by atoms with Crippen LogP contribution in [0.25, 0.3) is 11.6 Å². The van der Waals surface area contributed by atoms with E-state index in [1.807, 2.05) is 28.8 Å². The summed E-state index contributed by atoms with van der Waals surface area (Å²) < 4.78 is 7.44. The van der Waals surface area contributed by atoms with Crippen molar-refractivity contribution in [3.05, 3.63) is 47.5 Å². The molecule has 0 fully saturated rings. The monoisotopic (exact) mass is 366 g/mol. The number of fused-ring (bicyclic) bond motifs is 1. The molecule has 0 saturated heterocycles. The highest BCUT2D eigenvalue weighted by Gasteiger charge is 2.28. The van der Waals surface area contributed by atoms with E-state index in [2.05, 4.69) is 32.4 Å². The molecule has 8 heteroatoms. The molecular formula is C19H22N6O2. The first-order chi connectivity index (χ1) is 13.2. The van der Waals surface area contributed by atoms with Crippen molar-refractivity contribution in [2.24, 2.45) is 0 Å². The highest BCUT2D eigenvalue weighted by atomic mass is 16.5. The maximum atomic E-state index is 12.6. The fraction of sp³-hybridized carbons (Fsp3) is 0.368. The molecule has 1 aromatic carbocycles. The Bertz CT molecular complexity index is 961. The van der Waals surface area contributed by atoms with Crippen molar-refractivity contribution < 1.29 is 9.53 Å². The SMILES string of the molecule is CCCn1cnnc1-c1nc2c([nH]1)C[C@H](c1ccccc1OC)CNC2=O. The summed E-state index contributed by atoms with van der Waals surface area (Å²) in [5, 5.41) is 11.1. The lowest BCUT2D eigenvalue weighted by molar-refractivity contribution is 0.0950. The van der Waals surface area contributed by atoms with Gasteiger partial charge in [-0.2, -0.15) is 0 Å². The van der Waals surface area contributed by atoms with E-state index in [0.717, 1.165) is 30.0 Å². The van der Waals surface area contributed by atoms with Crippen LogP contribution in [0.15, 0.2) is 30.6 Å². The number of aryl methyl sites for hydroxylation is 1. The Kier molecular flexibility index (Phi) is 4.62. The minimum absolute atomic E-state index is 0.0909. The molecule has 4 rings (SSSR count). The predicted molar refractivity (Wildman–Crippen MR) is 99.7 cm³/mol. The van der Waals surface area contributed by atoms with Gasteiger partial charge in [-0.1, -0.05) is 25.1 Å². The van der Waals surface area contributed by atoms with E-state index < -0.39 is 0 Å². The number of nitrogens with one attached hydrogen (secondary N) is 2. The second kappa shape index (κ2) is 7.22. The van der Waals surface area contributed by atoms with Crippen LogP contribution >= 0.6 is 0 Å². The highest BCUT2D eigenvalue weighted by molar-refractivity contribution is 5.94. The maximum Gasteiger partial charge on any atom is 0.271 e. The van der Waals surface area contributed by atoms with Gasteiger partial charge in [0.1, 0.15) is 17.8 Å². The summed E-state index contributed by atoms with van der Waals surface area (Å²) in [6, 6.07) is 7.90. The fourth-order valence-electron chi connectivity index (χ4n) is 3.54. The highest BCUT2D eigenvalue weighted by Crippen LogP contribution is 2.31. The second-order valence-electron chi connectivity index (χ2n) is 6.61. The molecular weight excluding hydrogens is 344 g/mol. The van der Waals surface area contributed by atoms with Crippen molar-refractivity contribution in [2.45, 2.75) is 32.2 Å². The molecule has 2 N–H and O–H groups in total. The topological polar surface area (TPSA) is 97.7 Å². The lowest BCUT2D eigenvalue weighted by Crippen LogP contribution is -2.26. The zero-order valence-electron chi connectivity index (χ0n) is 15.4. The van der Waals surface area contributed by atoms with Gasteiger partial charge in [-0.3, -0.25) is 4.79 Å². The summed E-state index contributed by atoms with van der Waals surface area (Å²) in [5.41, 5.74) is 2.30. The Labute approximate surface area is 157 Å². The van der Waals surface area contributed by atoms with Gasteiger partial charge >= 0.3 is 0 Å². The quantitative estimate of drug-likeness (QED) is 0.721. The minimum atomic E-state index is -0.175. The number of nitrogens with zero attached hydrogens (tertiary/aromatic N) is 4. The Balaban J connectivity index is 1.70. The number of carbonyl (C=O) groups is 1. The van der Waals surface area contributed by atoms with Gasteiger partial charge in [0.25, 0.3) is 5.91 Å². The Morgan fingerprint density at radius 3 is 3.00 bits per heavy atom. The van der Waals surface area contributed by atoms with E-state index >= 15 is 0 Å². The number of ether oxygens (including phenoxy) is 1. The molecule has 140 valence electrons. The lowest BCUT2D eigenvalue weighted by Gasteiger charge is -2.17. The summed E-state index contributed by atoms with van der Waals surface area (Å²) in [6.07, 6.45) is 3.30. The van der Waals surface area contributed by atoms with E-state index in [4.69, 9.17) is 4.74 Å². The van der Waals surface area contributed by atoms with Crippen molar-refractivity contribution in [3.63, 3.8) is 0 Å². The first-order valence-electron chi connectivity index (χ1n) is 9.09. The van der Waals surface area contributed by atoms with Crippen LogP contribution in [-0.4, -0.2) is 44.3 Å². The predicted octanol–water partition coefficient (Wildman–Crippen LogP) is 2.16. The fourth-order valence-corrected chi connectivity index (χ4v) is 3.54. The van der Waals surface area contributed by atoms with Gasteiger partial charge in [-0.05, 0) is 24.5 Å². The maximum absolute atomic E-state index is 12.6. The van der Waals surface area contributed by atoms with E-state index in [0.29, 0.717) is 30.3 Å². The van der Waals surface area contributed by atoms with E-state index in [1.165, 1.54) is 0 Å². The van der Waals surface area contributed by atoms with Crippen molar-refractivity contribution in [1.82, 2.24) is 30.0 Å².